The summed E-state index contributed by atoms with van der Waals surface area (Å²) in [4.78, 5) is 3.68. The Morgan fingerprint density at radius 1 is 1.42 bits per heavy atom. The van der Waals surface area contributed by atoms with Crippen molar-refractivity contribution < 1.29 is 0 Å². The number of thiophene rings is 1. The summed E-state index contributed by atoms with van der Waals surface area (Å²) in [6, 6.07) is 4.51. The Bertz CT molecular complexity index is 227. The summed E-state index contributed by atoms with van der Waals surface area (Å²) < 4.78 is 0. The Kier molecular flexibility index (Phi) is 4.30. The van der Waals surface area contributed by atoms with Crippen LogP contribution in [0.25, 0.3) is 0 Å². The third-order valence-corrected chi connectivity index (χ3v) is 3.60. The third kappa shape index (κ3) is 3.28. The van der Waals surface area contributed by atoms with Gasteiger partial charge in [0.15, 0.2) is 0 Å². The molecule has 0 saturated heterocycles. The standard InChI is InChI=1S/C10H15BrS/c1-3-9-6-7-10(12-9)5-4-8(2)11/h6-8H,3-5H2,1-2H3. The molecular weight excluding hydrogens is 232 g/mol. The minimum Gasteiger partial charge on any atom is -0.145 e. The zero-order chi connectivity index (χ0) is 8.97. The van der Waals surface area contributed by atoms with Gasteiger partial charge >= 0.3 is 0 Å². The maximum absolute atomic E-state index is 3.56. The summed E-state index contributed by atoms with van der Waals surface area (Å²) in [6.07, 6.45) is 3.63. The highest BCUT2D eigenvalue weighted by molar-refractivity contribution is 9.09. The average molecular weight is 247 g/mol. The van der Waals surface area contributed by atoms with Gasteiger partial charge in [0.25, 0.3) is 0 Å². The fourth-order valence-corrected chi connectivity index (χ4v) is 2.29. The monoisotopic (exact) mass is 246 g/mol. The lowest BCUT2D eigenvalue weighted by Crippen LogP contribution is -1.91. The van der Waals surface area contributed by atoms with Crippen molar-refractivity contribution in [3.63, 3.8) is 0 Å². The second-order valence-electron chi connectivity index (χ2n) is 3.04. The van der Waals surface area contributed by atoms with Crippen molar-refractivity contribution in [3.05, 3.63) is 21.9 Å². The smallest absolute Gasteiger partial charge is 0.0121 e. The van der Waals surface area contributed by atoms with Gasteiger partial charge in [0.1, 0.15) is 0 Å². The lowest BCUT2D eigenvalue weighted by atomic mass is 10.2. The van der Waals surface area contributed by atoms with Gasteiger partial charge in [-0.05, 0) is 31.4 Å². The zero-order valence-corrected chi connectivity index (χ0v) is 10.0. The number of hydrogen-bond donors (Lipinski definition) is 0. The lowest BCUT2D eigenvalue weighted by molar-refractivity contribution is 0.832. The van der Waals surface area contributed by atoms with Crippen LogP contribution in [-0.2, 0) is 12.8 Å². The van der Waals surface area contributed by atoms with Crippen molar-refractivity contribution in [2.45, 2.75) is 37.9 Å². The first-order valence-electron chi connectivity index (χ1n) is 4.44. The molecule has 1 unspecified atom stereocenters. The van der Waals surface area contributed by atoms with Crippen molar-refractivity contribution in [1.82, 2.24) is 0 Å². The molecule has 0 fully saturated rings. The molecule has 1 aromatic heterocycles. The summed E-state index contributed by atoms with van der Waals surface area (Å²) in [5.74, 6) is 0. The van der Waals surface area contributed by atoms with Gasteiger partial charge in [-0.1, -0.05) is 29.8 Å². The number of rotatable bonds is 4. The topological polar surface area (TPSA) is 0 Å². The molecule has 12 heavy (non-hydrogen) atoms. The minimum atomic E-state index is 0.643. The predicted octanol–water partition coefficient (Wildman–Crippen LogP) is 4.03. The molecule has 0 spiro atoms. The quantitative estimate of drug-likeness (QED) is 0.705. The average Bonchev–Trinajstić information content (AvgIpc) is 2.48. The molecule has 1 aromatic rings. The Labute approximate surface area is 87.1 Å². The second-order valence-corrected chi connectivity index (χ2v) is 5.86. The molecule has 68 valence electrons. The first kappa shape index (κ1) is 10.3. The van der Waals surface area contributed by atoms with Crippen LogP contribution in [0.15, 0.2) is 12.1 Å². The van der Waals surface area contributed by atoms with Crippen LogP contribution in [0.3, 0.4) is 0 Å². The summed E-state index contributed by atoms with van der Waals surface area (Å²) in [5, 5.41) is 0. The molecule has 1 atom stereocenters. The van der Waals surface area contributed by atoms with Gasteiger partial charge in [-0.2, -0.15) is 0 Å². The van der Waals surface area contributed by atoms with E-state index in [0.717, 1.165) is 0 Å². The molecule has 0 bridgehead atoms. The van der Waals surface area contributed by atoms with Crippen molar-refractivity contribution in [1.29, 1.82) is 0 Å². The van der Waals surface area contributed by atoms with Crippen LogP contribution in [0.1, 0.15) is 30.0 Å². The van der Waals surface area contributed by atoms with Crippen LogP contribution in [0, 0.1) is 0 Å². The maximum atomic E-state index is 3.56. The molecule has 0 aliphatic rings. The fourth-order valence-electron chi connectivity index (χ4n) is 1.09. The molecule has 0 radical (unpaired) electrons. The van der Waals surface area contributed by atoms with Crippen molar-refractivity contribution in [3.8, 4) is 0 Å². The van der Waals surface area contributed by atoms with Crippen molar-refractivity contribution >= 4 is 27.3 Å². The summed E-state index contributed by atoms with van der Waals surface area (Å²) in [5.41, 5.74) is 0. The summed E-state index contributed by atoms with van der Waals surface area (Å²) in [6.45, 7) is 4.41. The molecule has 0 amide bonds. The van der Waals surface area contributed by atoms with Crippen LogP contribution in [0.2, 0.25) is 0 Å². The SMILES string of the molecule is CCc1ccc(CCC(C)Br)s1. The van der Waals surface area contributed by atoms with Gasteiger partial charge in [0, 0.05) is 14.6 Å². The molecule has 1 rings (SSSR count). The molecule has 0 aliphatic heterocycles. The molecular formula is C10H15BrS. The van der Waals surface area contributed by atoms with Crippen LogP contribution >= 0.6 is 27.3 Å². The number of alkyl halides is 1. The van der Waals surface area contributed by atoms with Gasteiger partial charge in [-0.15, -0.1) is 11.3 Å². The van der Waals surface area contributed by atoms with Crippen LogP contribution in [0.5, 0.6) is 0 Å². The van der Waals surface area contributed by atoms with Gasteiger partial charge in [0.2, 0.25) is 0 Å². The Hall–Kier alpha value is 0.180. The minimum absolute atomic E-state index is 0.643. The van der Waals surface area contributed by atoms with E-state index < -0.39 is 0 Å². The van der Waals surface area contributed by atoms with E-state index in [9.17, 15) is 0 Å². The first-order valence-corrected chi connectivity index (χ1v) is 6.17. The second kappa shape index (κ2) is 5.03. The van der Waals surface area contributed by atoms with E-state index in [1.807, 2.05) is 11.3 Å². The van der Waals surface area contributed by atoms with Crippen LogP contribution < -0.4 is 0 Å². The highest BCUT2D eigenvalue weighted by Crippen LogP contribution is 2.19. The largest absolute Gasteiger partial charge is 0.145 e. The lowest BCUT2D eigenvalue weighted by Gasteiger charge is -1.99. The van der Waals surface area contributed by atoms with Crippen LogP contribution in [0.4, 0.5) is 0 Å². The fraction of sp³-hybridized carbons (Fsp3) is 0.600. The van der Waals surface area contributed by atoms with E-state index in [1.165, 1.54) is 29.0 Å². The normalized spacial score (nSPS) is 13.2. The molecule has 0 nitrogen and oxygen atoms in total. The molecule has 0 N–H and O–H groups in total. The number of halogens is 1. The Balaban J connectivity index is 2.41. The van der Waals surface area contributed by atoms with E-state index in [1.54, 1.807) is 0 Å². The third-order valence-electron chi connectivity index (χ3n) is 1.85. The molecule has 0 saturated carbocycles. The predicted molar refractivity (Wildman–Crippen MR) is 60.4 cm³/mol. The molecule has 0 aromatic carbocycles. The summed E-state index contributed by atoms with van der Waals surface area (Å²) in [7, 11) is 0. The van der Waals surface area contributed by atoms with E-state index in [-0.39, 0.29) is 0 Å². The molecule has 0 aliphatic carbocycles. The highest BCUT2D eigenvalue weighted by atomic mass is 79.9. The van der Waals surface area contributed by atoms with Gasteiger partial charge in [0.05, 0.1) is 0 Å². The molecule has 1 heterocycles. The van der Waals surface area contributed by atoms with E-state index in [4.69, 9.17) is 0 Å². The van der Waals surface area contributed by atoms with Gasteiger partial charge < -0.3 is 0 Å². The van der Waals surface area contributed by atoms with E-state index >= 15 is 0 Å². The number of aryl methyl sites for hydroxylation is 2. The van der Waals surface area contributed by atoms with E-state index in [2.05, 4.69) is 41.9 Å². The molecule has 2 heteroatoms. The van der Waals surface area contributed by atoms with Crippen LogP contribution in [-0.4, -0.2) is 4.83 Å². The summed E-state index contributed by atoms with van der Waals surface area (Å²) >= 11 is 5.51. The maximum Gasteiger partial charge on any atom is 0.0121 e. The van der Waals surface area contributed by atoms with Gasteiger partial charge in [-0.3, -0.25) is 0 Å². The zero-order valence-electron chi connectivity index (χ0n) is 7.64. The van der Waals surface area contributed by atoms with Crippen molar-refractivity contribution in [2.24, 2.45) is 0 Å². The highest BCUT2D eigenvalue weighted by Gasteiger charge is 2.00. The van der Waals surface area contributed by atoms with Gasteiger partial charge in [-0.25, -0.2) is 0 Å². The first-order chi connectivity index (χ1) is 5.72. The Morgan fingerprint density at radius 2 is 2.08 bits per heavy atom. The van der Waals surface area contributed by atoms with E-state index in [0.29, 0.717) is 4.83 Å². The Morgan fingerprint density at radius 3 is 2.58 bits per heavy atom. The number of hydrogen-bond acceptors (Lipinski definition) is 1. The van der Waals surface area contributed by atoms with Crippen molar-refractivity contribution in [2.75, 3.05) is 0 Å².